The monoisotopic (exact) mass is 316 g/mol. The molecule has 1 aliphatic carbocycles. The van der Waals surface area contributed by atoms with Gasteiger partial charge in [0.05, 0.1) is 5.52 Å². The molecule has 3 rings (SSSR count). The van der Waals surface area contributed by atoms with Crippen LogP contribution in [0.4, 0.5) is 5.69 Å². The van der Waals surface area contributed by atoms with Crippen molar-refractivity contribution in [1.29, 1.82) is 0 Å². The Morgan fingerprint density at radius 3 is 3.00 bits per heavy atom. The van der Waals surface area contributed by atoms with Crippen LogP contribution in [-0.4, -0.2) is 26.2 Å². The number of para-hydroxylation sites is 1. The number of pyridine rings is 1. The third-order valence-corrected chi connectivity index (χ3v) is 6.36. The summed E-state index contributed by atoms with van der Waals surface area (Å²) in [4.78, 5) is 4.50. The molecule has 1 saturated carbocycles. The molecule has 0 amide bonds. The van der Waals surface area contributed by atoms with Crippen molar-refractivity contribution in [3.63, 3.8) is 0 Å². The maximum absolute atomic E-state index is 12.1. The van der Waals surface area contributed by atoms with Gasteiger partial charge in [-0.2, -0.15) is 0 Å². The molecule has 0 spiro atoms. The number of hydrogen-bond donors (Lipinski definition) is 1. The largest absolute Gasteiger partial charge is 0.382 e. The van der Waals surface area contributed by atoms with Gasteiger partial charge in [-0.05, 0) is 37.8 Å². The number of fused-ring (bicyclic) bond motifs is 1. The van der Waals surface area contributed by atoms with Crippen LogP contribution in [0.3, 0.4) is 0 Å². The standard InChI is InChI=1S/C18H24N2OS/c1-3-22(21)15-8-5-7-14(12-15)20-17-10-11-19-18-13(2)6-4-9-16(17)18/h4,6,9-11,14-15H,3,5,7-8,12H2,1-2H3,(H,19,20). The molecule has 1 aliphatic rings. The minimum Gasteiger partial charge on any atom is -0.382 e. The van der Waals surface area contributed by atoms with Crippen LogP contribution in [-0.2, 0) is 10.8 Å². The smallest absolute Gasteiger partial charge is 0.0751 e. The molecule has 1 aromatic heterocycles. The second kappa shape index (κ2) is 6.78. The minimum atomic E-state index is -0.675. The van der Waals surface area contributed by atoms with Crippen molar-refractivity contribution in [3.05, 3.63) is 36.0 Å². The molecule has 0 saturated heterocycles. The van der Waals surface area contributed by atoms with Gasteiger partial charge in [0, 0.05) is 45.1 Å². The Labute approximate surface area is 135 Å². The number of rotatable bonds is 4. The third kappa shape index (κ3) is 3.17. The summed E-state index contributed by atoms with van der Waals surface area (Å²) in [5, 5.41) is 5.22. The number of aromatic nitrogens is 1. The van der Waals surface area contributed by atoms with E-state index in [0.717, 1.165) is 42.6 Å². The fourth-order valence-electron chi connectivity index (χ4n) is 3.42. The fourth-order valence-corrected chi connectivity index (χ4v) is 4.77. The van der Waals surface area contributed by atoms with Crippen molar-refractivity contribution >= 4 is 27.4 Å². The van der Waals surface area contributed by atoms with E-state index >= 15 is 0 Å². The number of aryl methyl sites for hydroxylation is 1. The SMILES string of the molecule is CCS(=O)C1CCCC(Nc2ccnc3c(C)cccc23)C1. The zero-order chi connectivity index (χ0) is 15.5. The molecule has 0 radical (unpaired) electrons. The number of nitrogens with one attached hydrogen (secondary N) is 1. The van der Waals surface area contributed by atoms with E-state index in [1.807, 2.05) is 13.1 Å². The highest BCUT2D eigenvalue weighted by Crippen LogP contribution is 2.29. The lowest BCUT2D eigenvalue weighted by molar-refractivity contribution is 0.465. The number of anilines is 1. The first-order valence-electron chi connectivity index (χ1n) is 8.17. The molecule has 2 aromatic rings. The average Bonchev–Trinajstić information content (AvgIpc) is 2.55. The van der Waals surface area contributed by atoms with E-state index in [-0.39, 0.29) is 0 Å². The predicted octanol–water partition coefficient (Wildman–Crippen LogP) is 4.03. The zero-order valence-electron chi connectivity index (χ0n) is 13.3. The van der Waals surface area contributed by atoms with Crippen molar-refractivity contribution in [2.24, 2.45) is 0 Å². The lowest BCUT2D eigenvalue weighted by Crippen LogP contribution is -2.33. The summed E-state index contributed by atoms with van der Waals surface area (Å²) < 4.78 is 12.1. The summed E-state index contributed by atoms with van der Waals surface area (Å²) in [6, 6.07) is 8.78. The highest BCUT2D eigenvalue weighted by molar-refractivity contribution is 7.85. The number of nitrogens with zero attached hydrogens (tertiary/aromatic N) is 1. The number of benzene rings is 1. The Morgan fingerprint density at radius 1 is 1.32 bits per heavy atom. The van der Waals surface area contributed by atoms with Gasteiger partial charge >= 0.3 is 0 Å². The van der Waals surface area contributed by atoms with Crippen molar-refractivity contribution in [3.8, 4) is 0 Å². The summed E-state index contributed by atoms with van der Waals surface area (Å²) in [7, 11) is -0.675. The van der Waals surface area contributed by atoms with E-state index in [4.69, 9.17) is 0 Å². The van der Waals surface area contributed by atoms with Gasteiger partial charge in [0.1, 0.15) is 0 Å². The molecule has 3 nitrogen and oxygen atoms in total. The highest BCUT2D eigenvalue weighted by Gasteiger charge is 2.25. The lowest BCUT2D eigenvalue weighted by Gasteiger charge is -2.30. The van der Waals surface area contributed by atoms with E-state index in [2.05, 4.69) is 41.5 Å². The molecule has 1 heterocycles. The van der Waals surface area contributed by atoms with Crippen LogP contribution >= 0.6 is 0 Å². The Kier molecular flexibility index (Phi) is 4.77. The van der Waals surface area contributed by atoms with E-state index in [9.17, 15) is 4.21 Å². The maximum atomic E-state index is 12.1. The lowest BCUT2D eigenvalue weighted by atomic mass is 9.94. The Morgan fingerprint density at radius 2 is 2.18 bits per heavy atom. The van der Waals surface area contributed by atoms with Gasteiger partial charge in [-0.15, -0.1) is 0 Å². The summed E-state index contributed by atoms with van der Waals surface area (Å²) in [5.74, 6) is 0.773. The van der Waals surface area contributed by atoms with E-state index in [1.54, 1.807) is 0 Å². The van der Waals surface area contributed by atoms with Gasteiger partial charge in [0.15, 0.2) is 0 Å². The molecule has 22 heavy (non-hydrogen) atoms. The molecular weight excluding hydrogens is 292 g/mol. The molecule has 118 valence electrons. The van der Waals surface area contributed by atoms with Crippen LogP contribution in [0.15, 0.2) is 30.5 Å². The van der Waals surface area contributed by atoms with E-state index in [1.165, 1.54) is 10.9 Å². The van der Waals surface area contributed by atoms with Crippen LogP contribution in [0.25, 0.3) is 10.9 Å². The van der Waals surface area contributed by atoms with E-state index in [0.29, 0.717) is 11.3 Å². The summed E-state index contributed by atoms with van der Waals surface area (Å²) >= 11 is 0. The Hall–Kier alpha value is -1.42. The highest BCUT2D eigenvalue weighted by atomic mass is 32.2. The van der Waals surface area contributed by atoms with Crippen LogP contribution in [0.5, 0.6) is 0 Å². The van der Waals surface area contributed by atoms with Gasteiger partial charge in [-0.25, -0.2) is 0 Å². The second-order valence-electron chi connectivity index (χ2n) is 6.13. The summed E-state index contributed by atoms with van der Waals surface area (Å²) in [6.45, 7) is 4.12. The van der Waals surface area contributed by atoms with Gasteiger partial charge < -0.3 is 5.32 Å². The van der Waals surface area contributed by atoms with Crippen LogP contribution < -0.4 is 5.32 Å². The first kappa shape index (κ1) is 15.5. The zero-order valence-corrected chi connectivity index (χ0v) is 14.2. The molecule has 4 heteroatoms. The first-order valence-corrected chi connectivity index (χ1v) is 9.55. The van der Waals surface area contributed by atoms with Crippen molar-refractivity contribution in [2.75, 3.05) is 11.1 Å². The molecule has 3 unspecified atom stereocenters. The molecule has 3 atom stereocenters. The third-order valence-electron chi connectivity index (χ3n) is 4.61. The van der Waals surface area contributed by atoms with Crippen LogP contribution in [0.2, 0.25) is 0 Å². The van der Waals surface area contributed by atoms with Crippen molar-refractivity contribution < 1.29 is 4.21 Å². The molecular formula is C18H24N2OS. The molecule has 1 N–H and O–H groups in total. The van der Waals surface area contributed by atoms with E-state index < -0.39 is 10.8 Å². The minimum absolute atomic E-state index is 0.353. The second-order valence-corrected chi connectivity index (χ2v) is 8.13. The molecule has 0 bridgehead atoms. The van der Waals surface area contributed by atoms with Gasteiger partial charge in [-0.1, -0.05) is 31.5 Å². The van der Waals surface area contributed by atoms with Crippen LogP contribution in [0, 0.1) is 6.92 Å². The summed E-state index contributed by atoms with van der Waals surface area (Å²) in [5.41, 5.74) is 3.42. The normalized spacial score (nSPS) is 23.4. The molecule has 1 aromatic carbocycles. The van der Waals surface area contributed by atoms with Gasteiger partial charge in [-0.3, -0.25) is 9.19 Å². The number of hydrogen-bond acceptors (Lipinski definition) is 3. The first-order chi connectivity index (χ1) is 10.7. The quantitative estimate of drug-likeness (QED) is 0.926. The topological polar surface area (TPSA) is 42.0 Å². The summed E-state index contributed by atoms with van der Waals surface area (Å²) in [6.07, 6.45) is 6.32. The fraction of sp³-hybridized carbons (Fsp3) is 0.500. The average molecular weight is 316 g/mol. The van der Waals surface area contributed by atoms with Gasteiger partial charge in [0.2, 0.25) is 0 Å². The Bertz CT molecular complexity index is 686. The van der Waals surface area contributed by atoms with Crippen LogP contribution in [0.1, 0.15) is 38.2 Å². The Balaban J connectivity index is 1.81. The van der Waals surface area contributed by atoms with Crippen molar-refractivity contribution in [1.82, 2.24) is 4.98 Å². The van der Waals surface area contributed by atoms with Gasteiger partial charge in [0.25, 0.3) is 0 Å². The molecule has 0 aliphatic heterocycles. The molecule has 1 fully saturated rings. The maximum Gasteiger partial charge on any atom is 0.0751 e. The predicted molar refractivity (Wildman–Crippen MR) is 94.8 cm³/mol. The van der Waals surface area contributed by atoms with Crippen molar-refractivity contribution in [2.45, 2.75) is 50.8 Å².